The summed E-state index contributed by atoms with van der Waals surface area (Å²) < 4.78 is 45.3. The summed E-state index contributed by atoms with van der Waals surface area (Å²) in [6, 6.07) is 10.0. The summed E-state index contributed by atoms with van der Waals surface area (Å²) >= 11 is 0. The minimum absolute atomic E-state index is 0.0750. The van der Waals surface area contributed by atoms with Crippen LogP contribution in [0.5, 0.6) is 0 Å². The van der Waals surface area contributed by atoms with Gasteiger partial charge in [0.2, 0.25) is 0 Å². The van der Waals surface area contributed by atoms with Crippen molar-refractivity contribution in [1.29, 1.82) is 0 Å². The number of rotatable bonds is 7. The Labute approximate surface area is 158 Å². The van der Waals surface area contributed by atoms with Crippen molar-refractivity contribution in [3.05, 3.63) is 71.8 Å². The second-order valence-electron chi connectivity index (χ2n) is 6.67. The average Bonchev–Trinajstić information content (AvgIpc) is 2.69. The number of halogens is 2. The van der Waals surface area contributed by atoms with Gasteiger partial charge in [0.15, 0.2) is 6.29 Å². The third-order valence-electron chi connectivity index (χ3n) is 4.70. The smallest absolute Gasteiger partial charge is 0.184 e. The second kappa shape index (κ2) is 9.22. The van der Waals surface area contributed by atoms with Crippen molar-refractivity contribution in [2.24, 2.45) is 5.92 Å². The van der Waals surface area contributed by atoms with E-state index in [2.05, 4.69) is 6.58 Å². The summed E-state index contributed by atoms with van der Waals surface area (Å²) in [6.45, 7) is 4.79. The van der Waals surface area contributed by atoms with E-state index >= 15 is 0 Å². The van der Waals surface area contributed by atoms with Crippen molar-refractivity contribution in [3.8, 4) is 11.1 Å². The first-order valence-electron chi connectivity index (χ1n) is 9.04. The number of ether oxygens (including phenoxy) is 3. The van der Waals surface area contributed by atoms with Gasteiger partial charge < -0.3 is 14.2 Å². The fraction of sp³-hybridized carbons (Fsp3) is 0.364. The molecule has 1 fully saturated rings. The van der Waals surface area contributed by atoms with Gasteiger partial charge in [-0.1, -0.05) is 30.3 Å². The van der Waals surface area contributed by atoms with Crippen LogP contribution in [0.4, 0.5) is 8.78 Å². The quantitative estimate of drug-likeness (QED) is 0.607. The molecule has 1 heterocycles. The van der Waals surface area contributed by atoms with Gasteiger partial charge in [0.25, 0.3) is 0 Å². The number of allylic oxidation sites excluding steroid dienone is 1. The molecular weight excluding hydrogens is 350 g/mol. The fourth-order valence-electron chi connectivity index (χ4n) is 3.25. The monoisotopic (exact) mass is 374 g/mol. The first-order chi connectivity index (χ1) is 13.1. The van der Waals surface area contributed by atoms with E-state index in [1.165, 1.54) is 19.2 Å². The fourth-order valence-corrected chi connectivity index (χ4v) is 3.25. The third-order valence-corrected chi connectivity index (χ3v) is 4.70. The molecule has 0 radical (unpaired) electrons. The molecule has 27 heavy (non-hydrogen) atoms. The zero-order valence-electron chi connectivity index (χ0n) is 15.4. The Hall–Kier alpha value is -2.08. The highest BCUT2D eigenvalue weighted by molar-refractivity contribution is 5.68. The van der Waals surface area contributed by atoms with E-state index in [0.29, 0.717) is 30.3 Å². The van der Waals surface area contributed by atoms with E-state index in [9.17, 15) is 8.78 Å². The molecule has 0 spiro atoms. The van der Waals surface area contributed by atoms with Crippen molar-refractivity contribution in [1.82, 2.24) is 0 Å². The number of hydrogen-bond donors (Lipinski definition) is 0. The highest BCUT2D eigenvalue weighted by atomic mass is 19.1. The van der Waals surface area contributed by atoms with E-state index in [1.54, 1.807) is 0 Å². The molecule has 1 saturated heterocycles. The maximum atomic E-state index is 14.3. The molecule has 0 amide bonds. The Bertz CT molecular complexity index is 760. The summed E-state index contributed by atoms with van der Waals surface area (Å²) in [5, 5.41) is 0. The van der Waals surface area contributed by atoms with Crippen molar-refractivity contribution in [3.63, 3.8) is 0 Å². The van der Waals surface area contributed by atoms with Crippen molar-refractivity contribution in [2.45, 2.75) is 25.7 Å². The van der Waals surface area contributed by atoms with Gasteiger partial charge in [0.05, 0.1) is 19.8 Å². The zero-order chi connectivity index (χ0) is 19.2. The second-order valence-corrected chi connectivity index (χ2v) is 6.67. The Balaban J connectivity index is 1.84. The SMILES string of the molecule is C=CCC[C@H]1CO[C@H](c2ccccc2-c2cc(F)c(COC)c(F)c2)OC1. The molecule has 2 aromatic carbocycles. The molecule has 0 aliphatic carbocycles. The Morgan fingerprint density at radius 1 is 1.15 bits per heavy atom. The van der Waals surface area contributed by atoms with Gasteiger partial charge in [-0.25, -0.2) is 8.78 Å². The van der Waals surface area contributed by atoms with Crippen LogP contribution in [-0.2, 0) is 20.8 Å². The summed E-state index contributed by atoms with van der Waals surface area (Å²) in [7, 11) is 1.40. The van der Waals surface area contributed by atoms with Crippen molar-refractivity contribution < 1.29 is 23.0 Å². The summed E-state index contributed by atoms with van der Waals surface area (Å²) in [6.07, 6.45) is 3.23. The van der Waals surface area contributed by atoms with E-state index in [-0.39, 0.29) is 12.2 Å². The summed E-state index contributed by atoms with van der Waals surface area (Å²) in [4.78, 5) is 0. The van der Waals surface area contributed by atoms with Crippen LogP contribution in [0.2, 0.25) is 0 Å². The Kier molecular flexibility index (Phi) is 6.72. The first kappa shape index (κ1) is 19.7. The van der Waals surface area contributed by atoms with Crippen LogP contribution in [-0.4, -0.2) is 20.3 Å². The highest BCUT2D eigenvalue weighted by Gasteiger charge is 2.25. The van der Waals surface area contributed by atoms with Crippen LogP contribution in [0.1, 0.15) is 30.3 Å². The maximum Gasteiger partial charge on any atom is 0.184 e. The van der Waals surface area contributed by atoms with E-state index in [1.807, 2.05) is 30.3 Å². The van der Waals surface area contributed by atoms with Crippen LogP contribution < -0.4 is 0 Å². The lowest BCUT2D eigenvalue weighted by atomic mass is 9.97. The standard InChI is InChI=1S/C22H24F2O3/c1-3-4-7-15-12-26-22(27-13-15)18-9-6-5-8-17(18)16-10-20(23)19(14-25-2)21(24)11-16/h3,5-6,8-11,15,22H,1,4,7,12-14H2,2H3/t15-,22-. The molecule has 0 bridgehead atoms. The van der Waals surface area contributed by atoms with Crippen molar-refractivity contribution >= 4 is 0 Å². The van der Waals surface area contributed by atoms with Crippen LogP contribution in [0.3, 0.4) is 0 Å². The largest absolute Gasteiger partial charge is 0.380 e. The molecule has 5 heteroatoms. The van der Waals surface area contributed by atoms with E-state index < -0.39 is 17.9 Å². The van der Waals surface area contributed by atoms with Gasteiger partial charge >= 0.3 is 0 Å². The Morgan fingerprint density at radius 2 is 1.81 bits per heavy atom. The lowest BCUT2D eigenvalue weighted by Gasteiger charge is -2.30. The van der Waals surface area contributed by atoms with Gasteiger partial charge in [-0.15, -0.1) is 6.58 Å². The molecule has 2 aromatic rings. The third kappa shape index (κ3) is 4.61. The van der Waals surface area contributed by atoms with Gasteiger partial charge in [-0.3, -0.25) is 0 Å². The predicted octanol–water partition coefficient (Wildman–Crippen LogP) is 5.41. The van der Waals surface area contributed by atoms with E-state index in [0.717, 1.165) is 18.4 Å². The lowest BCUT2D eigenvalue weighted by molar-refractivity contribution is -0.205. The van der Waals surface area contributed by atoms with Crippen LogP contribution >= 0.6 is 0 Å². The van der Waals surface area contributed by atoms with E-state index in [4.69, 9.17) is 14.2 Å². The number of benzene rings is 2. The molecule has 0 unspecified atom stereocenters. The molecule has 1 aliphatic heterocycles. The molecule has 0 atom stereocenters. The minimum Gasteiger partial charge on any atom is -0.380 e. The maximum absolute atomic E-state index is 14.3. The van der Waals surface area contributed by atoms with Crippen molar-refractivity contribution in [2.75, 3.05) is 20.3 Å². The van der Waals surface area contributed by atoms with Crippen LogP contribution in [0.25, 0.3) is 11.1 Å². The van der Waals surface area contributed by atoms with Gasteiger partial charge in [0, 0.05) is 24.2 Å². The number of hydrogen-bond acceptors (Lipinski definition) is 3. The molecule has 3 rings (SSSR count). The van der Waals surface area contributed by atoms with Crippen LogP contribution in [0.15, 0.2) is 49.1 Å². The molecule has 0 saturated carbocycles. The Morgan fingerprint density at radius 3 is 2.44 bits per heavy atom. The number of methoxy groups -OCH3 is 1. The minimum atomic E-state index is -0.628. The normalized spacial score (nSPS) is 19.8. The van der Waals surface area contributed by atoms with Gasteiger partial charge in [0.1, 0.15) is 11.6 Å². The van der Waals surface area contributed by atoms with Gasteiger partial charge in [-0.2, -0.15) is 0 Å². The van der Waals surface area contributed by atoms with Crippen LogP contribution in [0, 0.1) is 17.6 Å². The molecule has 0 aromatic heterocycles. The topological polar surface area (TPSA) is 27.7 Å². The average molecular weight is 374 g/mol. The molecule has 144 valence electrons. The first-order valence-corrected chi connectivity index (χ1v) is 9.04. The summed E-state index contributed by atoms with van der Waals surface area (Å²) in [5.74, 6) is -0.928. The molecule has 0 N–H and O–H groups in total. The molecule has 1 aliphatic rings. The highest BCUT2D eigenvalue weighted by Crippen LogP contribution is 2.35. The lowest BCUT2D eigenvalue weighted by Crippen LogP contribution is -2.27. The predicted molar refractivity (Wildman–Crippen MR) is 100 cm³/mol. The van der Waals surface area contributed by atoms with Gasteiger partial charge in [-0.05, 0) is 36.1 Å². The molecule has 3 nitrogen and oxygen atoms in total. The zero-order valence-corrected chi connectivity index (χ0v) is 15.4. The molecular formula is C22H24F2O3. The summed E-state index contributed by atoms with van der Waals surface area (Å²) in [5.41, 5.74) is 1.82.